The van der Waals surface area contributed by atoms with Gasteiger partial charge in [-0.3, -0.25) is 4.40 Å². The van der Waals surface area contributed by atoms with Gasteiger partial charge in [-0.15, -0.1) is 0 Å². The lowest BCUT2D eigenvalue weighted by atomic mass is 10.0. The van der Waals surface area contributed by atoms with E-state index < -0.39 is 18.0 Å². The first-order valence-corrected chi connectivity index (χ1v) is 9.81. The van der Waals surface area contributed by atoms with Crippen LogP contribution in [0.3, 0.4) is 0 Å². The predicted molar refractivity (Wildman–Crippen MR) is 111 cm³/mol. The van der Waals surface area contributed by atoms with Crippen LogP contribution in [0.15, 0.2) is 42.6 Å². The highest BCUT2D eigenvalue weighted by Crippen LogP contribution is 2.30. The Morgan fingerprint density at radius 3 is 2.72 bits per heavy atom. The molecule has 3 unspecified atom stereocenters. The Morgan fingerprint density at radius 2 is 2.03 bits per heavy atom. The largest absolute Gasteiger partial charge is 0.434 e. The summed E-state index contributed by atoms with van der Waals surface area (Å²) in [7, 11) is 0. The zero-order chi connectivity index (χ0) is 23.0. The van der Waals surface area contributed by atoms with Gasteiger partial charge in [0, 0.05) is 36.9 Å². The van der Waals surface area contributed by atoms with Crippen LogP contribution in [-0.4, -0.2) is 55.3 Å². The van der Waals surface area contributed by atoms with Gasteiger partial charge in [0.1, 0.15) is 17.6 Å². The molecule has 0 saturated carbocycles. The molecule has 1 aliphatic heterocycles. The van der Waals surface area contributed by atoms with E-state index in [1.165, 1.54) is 16.8 Å². The van der Waals surface area contributed by atoms with Gasteiger partial charge < -0.3 is 20.8 Å². The molecule has 1 fully saturated rings. The molecule has 1 saturated heterocycles. The monoisotopic (exact) mass is 446 g/mol. The van der Waals surface area contributed by atoms with Crippen LogP contribution in [0.2, 0.25) is 0 Å². The third-order valence-electron chi connectivity index (χ3n) is 5.30. The van der Waals surface area contributed by atoms with Crippen molar-refractivity contribution in [2.24, 2.45) is 5.73 Å². The second-order valence-corrected chi connectivity index (χ2v) is 7.45. The summed E-state index contributed by atoms with van der Waals surface area (Å²) in [5.41, 5.74) is 5.72. The fourth-order valence-electron chi connectivity index (χ4n) is 3.73. The summed E-state index contributed by atoms with van der Waals surface area (Å²) in [5, 5.41) is 7.60. The van der Waals surface area contributed by atoms with Gasteiger partial charge in [0.25, 0.3) is 0 Å². The number of hydrogen-bond donors (Lipinski definition) is 2. The number of rotatable bonds is 4. The van der Waals surface area contributed by atoms with Gasteiger partial charge >= 0.3 is 6.18 Å². The Hall–Kier alpha value is -3.54. The standard InChI is InChI=1S/C20H21F3N8O/c1-11-9-30(12(2)18(32-11)13(5-24)6-25)16-3-4-26-19(29-16)14-7-28-17-8-27-15(10-31(14)17)20(21,22)23/h3-8,10-12,18,24H,9,25H2,1-2H3/b13-6+,24-5?. The van der Waals surface area contributed by atoms with Gasteiger partial charge in [-0.05, 0) is 19.9 Å². The summed E-state index contributed by atoms with van der Waals surface area (Å²) < 4.78 is 46.6. The fraction of sp³-hybridized carbons (Fsp3) is 0.350. The Bertz CT molecular complexity index is 1180. The van der Waals surface area contributed by atoms with Crippen LogP contribution in [0.25, 0.3) is 17.2 Å². The van der Waals surface area contributed by atoms with Crippen LogP contribution in [0.1, 0.15) is 19.5 Å². The number of aromatic nitrogens is 5. The summed E-state index contributed by atoms with van der Waals surface area (Å²) in [6, 6.07) is 1.52. The van der Waals surface area contributed by atoms with Crippen LogP contribution in [0, 0.1) is 5.41 Å². The van der Waals surface area contributed by atoms with Crippen molar-refractivity contribution >= 4 is 17.7 Å². The molecule has 3 N–H and O–H groups in total. The maximum atomic E-state index is 13.1. The third-order valence-corrected chi connectivity index (χ3v) is 5.30. The van der Waals surface area contributed by atoms with Gasteiger partial charge in [-0.2, -0.15) is 13.2 Å². The van der Waals surface area contributed by atoms with E-state index in [0.717, 1.165) is 18.6 Å². The number of morpholine rings is 1. The number of nitrogens with zero attached hydrogens (tertiary/aromatic N) is 6. The number of hydrogen-bond acceptors (Lipinski definition) is 8. The smallest absolute Gasteiger partial charge is 0.404 e. The number of nitrogens with two attached hydrogens (primary N) is 1. The van der Waals surface area contributed by atoms with E-state index >= 15 is 0 Å². The average molecular weight is 446 g/mol. The van der Waals surface area contributed by atoms with E-state index in [1.807, 2.05) is 18.7 Å². The quantitative estimate of drug-likeness (QED) is 0.592. The topological polar surface area (TPSA) is 118 Å². The molecule has 0 bridgehead atoms. The molecule has 9 nitrogen and oxygen atoms in total. The molecule has 4 rings (SSSR count). The maximum absolute atomic E-state index is 13.1. The highest BCUT2D eigenvalue weighted by molar-refractivity contribution is 5.77. The maximum Gasteiger partial charge on any atom is 0.434 e. The number of halogens is 3. The molecule has 3 aromatic rings. The first-order chi connectivity index (χ1) is 15.2. The zero-order valence-corrected chi connectivity index (χ0v) is 17.3. The highest BCUT2D eigenvalue weighted by atomic mass is 19.4. The molecular formula is C20H21F3N8O. The minimum Gasteiger partial charge on any atom is -0.404 e. The second kappa shape index (κ2) is 8.19. The molecule has 1 aliphatic rings. The van der Waals surface area contributed by atoms with Gasteiger partial charge in [-0.1, -0.05) is 0 Å². The highest BCUT2D eigenvalue weighted by Gasteiger charge is 2.35. The van der Waals surface area contributed by atoms with E-state index in [0.29, 0.717) is 23.6 Å². The summed E-state index contributed by atoms with van der Waals surface area (Å²) in [6.45, 7) is 4.36. The van der Waals surface area contributed by atoms with Crippen LogP contribution in [0.5, 0.6) is 0 Å². The van der Waals surface area contributed by atoms with Gasteiger partial charge in [0.2, 0.25) is 0 Å². The molecule has 12 heteroatoms. The number of ether oxygens (including phenoxy) is 1. The fourth-order valence-corrected chi connectivity index (χ4v) is 3.73. The average Bonchev–Trinajstić information content (AvgIpc) is 3.19. The van der Waals surface area contributed by atoms with E-state index in [-0.39, 0.29) is 23.6 Å². The van der Waals surface area contributed by atoms with Crippen molar-refractivity contribution in [2.75, 3.05) is 11.4 Å². The number of anilines is 1. The molecule has 4 heterocycles. The normalized spacial score (nSPS) is 22.3. The predicted octanol–water partition coefficient (Wildman–Crippen LogP) is 2.68. The van der Waals surface area contributed by atoms with E-state index in [1.54, 1.807) is 12.3 Å². The molecule has 32 heavy (non-hydrogen) atoms. The van der Waals surface area contributed by atoms with Crippen LogP contribution in [-0.2, 0) is 10.9 Å². The first kappa shape index (κ1) is 21.7. The summed E-state index contributed by atoms with van der Waals surface area (Å²) in [4.78, 5) is 18.4. The van der Waals surface area contributed by atoms with E-state index in [2.05, 4.69) is 19.9 Å². The number of imidazole rings is 1. The van der Waals surface area contributed by atoms with Crippen molar-refractivity contribution in [1.82, 2.24) is 24.3 Å². The van der Waals surface area contributed by atoms with Gasteiger partial charge in [0.15, 0.2) is 17.2 Å². The molecule has 0 aromatic carbocycles. The molecule has 3 atom stereocenters. The van der Waals surface area contributed by atoms with Gasteiger partial charge in [-0.25, -0.2) is 19.9 Å². The molecule has 168 valence electrons. The molecule has 3 aromatic heterocycles. The number of fused-ring (bicyclic) bond motifs is 1. The van der Waals surface area contributed by atoms with Crippen molar-refractivity contribution in [2.45, 2.75) is 38.3 Å². The van der Waals surface area contributed by atoms with Crippen molar-refractivity contribution in [1.29, 1.82) is 5.41 Å². The Labute approximate surface area is 181 Å². The second-order valence-electron chi connectivity index (χ2n) is 7.45. The molecule has 0 amide bonds. The lowest BCUT2D eigenvalue weighted by molar-refractivity contribution is -0.141. The SMILES string of the molecule is CC1CN(c2ccnc(-c3cnc4cnc(C(F)(F)F)cn34)n2)C(C)C(/C(C=N)=C/N)O1. The van der Waals surface area contributed by atoms with Crippen LogP contribution >= 0.6 is 0 Å². The Kier molecular flexibility index (Phi) is 5.55. The Balaban J connectivity index is 1.73. The third kappa shape index (κ3) is 3.88. The van der Waals surface area contributed by atoms with E-state index in [9.17, 15) is 13.2 Å². The van der Waals surface area contributed by atoms with Gasteiger partial charge in [0.05, 0.1) is 24.5 Å². The number of alkyl halides is 3. The molecule has 0 radical (unpaired) electrons. The summed E-state index contributed by atoms with van der Waals surface area (Å²) in [5.74, 6) is 0.794. The first-order valence-electron chi connectivity index (χ1n) is 9.81. The lowest BCUT2D eigenvalue weighted by Gasteiger charge is -2.43. The van der Waals surface area contributed by atoms with Crippen molar-refractivity contribution in [3.8, 4) is 11.5 Å². The van der Waals surface area contributed by atoms with Crippen LogP contribution in [0.4, 0.5) is 19.0 Å². The summed E-state index contributed by atoms with van der Waals surface area (Å²) in [6.07, 6.45) is 2.21. The molecule has 0 aliphatic carbocycles. The Morgan fingerprint density at radius 1 is 1.25 bits per heavy atom. The van der Waals surface area contributed by atoms with Crippen molar-refractivity contribution < 1.29 is 17.9 Å². The minimum absolute atomic E-state index is 0.166. The van der Waals surface area contributed by atoms with Crippen LogP contribution < -0.4 is 10.6 Å². The van der Waals surface area contributed by atoms with Crippen molar-refractivity contribution in [3.63, 3.8) is 0 Å². The number of nitrogens with one attached hydrogen (secondary N) is 1. The molecular weight excluding hydrogens is 425 g/mol. The summed E-state index contributed by atoms with van der Waals surface area (Å²) >= 11 is 0. The van der Waals surface area contributed by atoms with E-state index in [4.69, 9.17) is 15.9 Å². The lowest BCUT2D eigenvalue weighted by Crippen LogP contribution is -2.54. The molecule has 0 spiro atoms. The van der Waals surface area contributed by atoms with Crippen molar-refractivity contribution in [3.05, 3.63) is 48.3 Å². The minimum atomic E-state index is -4.59. The zero-order valence-electron chi connectivity index (χ0n) is 17.3.